The second kappa shape index (κ2) is 48.5. The minimum absolute atomic E-state index is 0.000255. The molecular weight excluding hydrogens is 1460 g/mol. The van der Waals surface area contributed by atoms with E-state index in [-0.39, 0.29) is 88.3 Å². The second-order valence-corrected chi connectivity index (χ2v) is 28.2. The average molecular weight is 1570 g/mol. The third-order valence-electron chi connectivity index (χ3n) is 18.3. The predicted octanol–water partition coefficient (Wildman–Crippen LogP) is 0.104. The van der Waals surface area contributed by atoms with Gasteiger partial charge in [0.25, 0.3) is 0 Å². The monoisotopic (exact) mass is 1570 g/mol. The van der Waals surface area contributed by atoms with Crippen molar-refractivity contribution in [3.63, 3.8) is 0 Å². The molecule has 32 nitrogen and oxygen atoms in total. The van der Waals surface area contributed by atoms with Gasteiger partial charge in [0.15, 0.2) is 40.7 Å². The van der Waals surface area contributed by atoms with Crippen molar-refractivity contribution >= 4 is 119 Å². The number of aliphatic hydroxyl groups is 2. The molecule has 0 saturated heterocycles. The number of aliphatic hydroxyl groups excluding tert-OH is 2. The summed E-state index contributed by atoms with van der Waals surface area (Å²) in [6.45, 7) is 5.08. The average Bonchev–Trinajstić information content (AvgIpc) is 1.02. The zero-order chi connectivity index (χ0) is 81.6. The molecule has 8 amide bonds. The molecular formula is C76H106N14O18S2. The third kappa shape index (κ3) is 33.4. The van der Waals surface area contributed by atoms with E-state index in [9.17, 15) is 87.2 Å². The molecule has 0 aliphatic carbocycles. The van der Waals surface area contributed by atoms with Crippen LogP contribution in [-0.2, 0) is 97.6 Å². The number of nitrogens with one attached hydrogen (secondary N) is 8. The number of carbonyl (C=O) groups is 15. The summed E-state index contributed by atoms with van der Waals surface area (Å²) in [6.07, 6.45) is -4.43. The maximum atomic E-state index is 14.8. The van der Waals surface area contributed by atoms with Crippen molar-refractivity contribution in [3.8, 4) is 0 Å². The molecule has 110 heavy (non-hydrogen) atoms. The number of aromatic nitrogens is 2. The fourth-order valence-electron chi connectivity index (χ4n) is 12.1. The standard InChI is InChI=1S/C76H106N14O18S2/c1-43(75(107)108)84-71(103)51(29-47-17-8-5-9-18-47)33-64(98)59(38-66(78)100)86-67(101)26-25-60(94)68(44(2)91)89-74(106)53(40-109)35-61(95)56(24-14-15-27-77)87-73(105)54(41-110)36-65(99)69(45(3)92)90-70(102)50(23-16-28-82-76(79)80)32-62(96)58(37-55-39-81-42-83-55)88-72(104)52(30-48-19-10-6-11-20-48)34-63(97)57(85-46(4)93)31-49-21-12-7-13-22-49/h5-13,17-22,39,42-45,50-54,56-59,68-69,91-92,109-110H,14-16,23-38,40-41,77H2,1-4H3,(H2,78,100)(H,81,83)(H,84,103)(H,85,93)(H,86,101)(H,87,105)(H,88,104)(H,89,106)(H,90,102)(H,107,108)(H4,79,80,82)/t43-,44+,45-,50-,51-,52-,53+,54+,56+,57+,58+,59+,68?,69+/m0/s1. The number of rotatable bonds is 54. The lowest BCUT2D eigenvalue weighted by molar-refractivity contribution is -0.142. The SMILES string of the molecule is CC(=O)N[C@H](Cc1ccccc1)C(=O)C[C@H](Cc1ccccc1)C(=O)N[C@H](Cc1cnc[nH]1)C(=O)C[C@H](CCCN=C(N)N)C(=O)N[C@@H](C(=O)C[C@H](CS)C(=O)N[C@H](CCCCN)C(=O)C[C@H](CS)C(=O)NC(C(=O)CCC(=O)N[C@H](CC(N)=O)C(=O)C[C@H](Cc1ccccc1)C(=O)N[C@@H](C)C(=O)O)[C@@H](C)O)[C@H](C)O. The molecule has 0 fully saturated rings. The van der Waals surface area contributed by atoms with Crippen LogP contribution in [0.15, 0.2) is 109 Å². The normalized spacial score (nSPS) is 15.0. The van der Waals surface area contributed by atoms with Gasteiger partial charge in [-0.15, -0.1) is 0 Å². The van der Waals surface area contributed by atoms with Gasteiger partial charge in [-0.05, 0) is 95.4 Å². The number of Topliss-reactive ketones (excluding diaryl/α,β-unsaturated/α-hetero) is 6. The molecule has 34 heteroatoms. The van der Waals surface area contributed by atoms with Crippen LogP contribution in [0.2, 0.25) is 0 Å². The maximum absolute atomic E-state index is 14.8. The number of aliphatic carboxylic acids is 1. The van der Waals surface area contributed by atoms with Crippen LogP contribution in [0.3, 0.4) is 0 Å². The number of hydrogen-bond acceptors (Lipinski definition) is 22. The lowest BCUT2D eigenvalue weighted by Gasteiger charge is -2.27. The largest absolute Gasteiger partial charge is 0.480 e. The Morgan fingerprint density at radius 1 is 0.473 bits per heavy atom. The summed E-state index contributed by atoms with van der Waals surface area (Å²) in [7, 11) is 0. The van der Waals surface area contributed by atoms with Crippen LogP contribution in [-0.4, -0.2) is 198 Å². The Hall–Kier alpha value is -10.0. The van der Waals surface area contributed by atoms with Crippen molar-refractivity contribution in [2.24, 2.45) is 57.5 Å². The van der Waals surface area contributed by atoms with Gasteiger partial charge in [0.2, 0.25) is 47.3 Å². The molecule has 1 aromatic heterocycles. The van der Waals surface area contributed by atoms with Crippen molar-refractivity contribution < 1.29 is 87.2 Å². The van der Waals surface area contributed by atoms with E-state index < -0.39 is 217 Å². The van der Waals surface area contributed by atoms with Gasteiger partial charge in [-0.2, -0.15) is 25.3 Å². The zero-order valence-electron chi connectivity index (χ0n) is 62.3. The summed E-state index contributed by atoms with van der Waals surface area (Å²) in [5, 5.41) is 49.2. The quantitative estimate of drug-likeness (QED) is 0.0121. The fourth-order valence-corrected chi connectivity index (χ4v) is 12.7. The number of H-pyrrole nitrogens is 1. The van der Waals surface area contributed by atoms with Crippen molar-refractivity contribution in [2.75, 3.05) is 24.6 Å². The summed E-state index contributed by atoms with van der Waals surface area (Å²) in [5.41, 5.74) is 24.9. The second-order valence-electron chi connectivity index (χ2n) is 27.4. The van der Waals surface area contributed by atoms with Crippen LogP contribution >= 0.6 is 25.3 Å². The molecule has 0 bridgehead atoms. The van der Waals surface area contributed by atoms with Gasteiger partial charge in [0.05, 0.1) is 61.0 Å². The number of aliphatic imine (C=N–C) groups is 1. The highest BCUT2D eigenvalue weighted by molar-refractivity contribution is 7.80. The van der Waals surface area contributed by atoms with Crippen LogP contribution in [0.1, 0.15) is 134 Å². The van der Waals surface area contributed by atoms with E-state index in [1.807, 2.05) is 0 Å². The number of unbranched alkanes of at least 4 members (excludes halogenated alkanes) is 1. The smallest absolute Gasteiger partial charge is 0.325 e. The Balaban J connectivity index is 1.49. The number of ketones is 6. The van der Waals surface area contributed by atoms with Gasteiger partial charge in [0, 0.05) is 106 Å². The van der Waals surface area contributed by atoms with E-state index in [0.29, 0.717) is 23.2 Å². The van der Waals surface area contributed by atoms with Crippen molar-refractivity contribution in [2.45, 2.75) is 191 Å². The number of nitrogens with two attached hydrogens (primary N) is 4. The molecule has 0 radical (unpaired) electrons. The van der Waals surface area contributed by atoms with E-state index in [1.54, 1.807) is 91.0 Å². The molecule has 14 atom stereocenters. The van der Waals surface area contributed by atoms with Crippen LogP contribution in [0, 0.1) is 29.6 Å². The highest BCUT2D eigenvalue weighted by atomic mass is 32.1. The first-order valence-corrected chi connectivity index (χ1v) is 37.7. The first kappa shape index (κ1) is 92.4. The Labute approximate surface area is 649 Å². The molecule has 0 aliphatic rings. The Kier molecular flexibility index (Phi) is 40.7. The minimum Gasteiger partial charge on any atom is -0.480 e. The van der Waals surface area contributed by atoms with Gasteiger partial charge < -0.3 is 80.5 Å². The first-order valence-electron chi connectivity index (χ1n) is 36.4. The lowest BCUT2D eigenvalue weighted by atomic mass is 9.88. The molecule has 0 spiro atoms. The van der Waals surface area contributed by atoms with E-state index in [2.05, 4.69) is 77.4 Å². The number of primary amides is 1. The van der Waals surface area contributed by atoms with Crippen molar-refractivity contribution in [1.29, 1.82) is 0 Å². The molecule has 19 N–H and O–H groups in total. The highest BCUT2D eigenvalue weighted by Gasteiger charge is 2.39. The van der Waals surface area contributed by atoms with Gasteiger partial charge in [-0.3, -0.25) is 76.9 Å². The third-order valence-corrected chi connectivity index (χ3v) is 19.2. The molecule has 600 valence electrons. The van der Waals surface area contributed by atoms with Crippen LogP contribution < -0.4 is 60.2 Å². The molecule has 4 aromatic rings. The van der Waals surface area contributed by atoms with E-state index in [0.717, 1.165) is 5.56 Å². The number of nitrogens with zero attached hydrogens (tertiary/aromatic N) is 2. The topological polar surface area (TPSA) is 546 Å². The number of hydrogen-bond donors (Lipinski definition) is 17. The van der Waals surface area contributed by atoms with Crippen molar-refractivity contribution in [3.05, 3.63) is 126 Å². The van der Waals surface area contributed by atoms with Gasteiger partial charge in [-0.25, -0.2) is 4.98 Å². The molecule has 0 saturated carbocycles. The Morgan fingerprint density at radius 2 is 0.909 bits per heavy atom. The number of aromatic amines is 1. The van der Waals surface area contributed by atoms with Crippen molar-refractivity contribution in [1.82, 2.24) is 47.2 Å². The van der Waals surface area contributed by atoms with Crippen LogP contribution in [0.4, 0.5) is 0 Å². The van der Waals surface area contributed by atoms with Gasteiger partial charge >= 0.3 is 5.97 Å². The Bertz CT molecular complexity index is 3760. The predicted molar refractivity (Wildman–Crippen MR) is 413 cm³/mol. The maximum Gasteiger partial charge on any atom is 0.325 e. The number of amides is 8. The van der Waals surface area contributed by atoms with Gasteiger partial charge in [0.1, 0.15) is 18.1 Å². The Morgan fingerprint density at radius 3 is 1.38 bits per heavy atom. The summed E-state index contributed by atoms with van der Waals surface area (Å²) >= 11 is 8.66. The minimum atomic E-state index is -1.70. The summed E-state index contributed by atoms with van der Waals surface area (Å²) in [5.74, 6) is -19.3. The zero-order valence-corrected chi connectivity index (χ0v) is 64.1. The summed E-state index contributed by atoms with van der Waals surface area (Å²) in [6, 6.07) is 16.3. The van der Waals surface area contributed by atoms with Gasteiger partial charge in [-0.1, -0.05) is 91.0 Å². The van der Waals surface area contributed by atoms with E-state index in [1.165, 1.54) is 40.2 Å². The molecule has 3 aromatic carbocycles. The number of carboxylic acid groups (broad SMARTS) is 1. The molecule has 4 rings (SSSR count). The number of carboxylic acids is 1. The van der Waals surface area contributed by atoms with Crippen LogP contribution in [0.5, 0.6) is 0 Å². The summed E-state index contributed by atoms with van der Waals surface area (Å²) < 4.78 is 0. The van der Waals surface area contributed by atoms with E-state index in [4.69, 9.17) is 22.9 Å². The number of imidazole rings is 1. The number of thiol groups is 2. The first-order chi connectivity index (χ1) is 52.2. The number of benzene rings is 3. The molecule has 1 unspecified atom stereocenters. The molecule has 0 aliphatic heterocycles. The lowest BCUT2D eigenvalue weighted by Crippen LogP contribution is -2.52. The number of guanidine groups is 1. The van der Waals surface area contributed by atoms with E-state index >= 15 is 0 Å². The highest BCUT2D eigenvalue weighted by Crippen LogP contribution is 2.23. The molecule has 1 heterocycles. The van der Waals surface area contributed by atoms with Crippen LogP contribution in [0.25, 0.3) is 0 Å². The summed E-state index contributed by atoms with van der Waals surface area (Å²) in [4.78, 5) is 216. The number of carbonyl (C=O) groups excluding carboxylic acids is 14. The fraction of sp³-hybridized carbons (Fsp3) is 0.513.